The fourth-order valence-electron chi connectivity index (χ4n) is 4.88. The maximum absolute atomic E-state index is 13.2. The molecule has 5 heteroatoms. The van der Waals surface area contributed by atoms with Gasteiger partial charge in [0.2, 0.25) is 0 Å². The van der Waals surface area contributed by atoms with Crippen molar-refractivity contribution >= 4 is 5.91 Å². The first kappa shape index (κ1) is 16.4. The monoisotopic (exact) mass is 361 g/mol. The van der Waals surface area contributed by atoms with Gasteiger partial charge in [0.05, 0.1) is 0 Å². The second kappa shape index (κ2) is 6.41. The molecular formula is C22H23N3O2. The molecule has 3 aromatic rings. The Morgan fingerprint density at radius 2 is 2.04 bits per heavy atom. The van der Waals surface area contributed by atoms with Gasteiger partial charge in [-0.15, -0.1) is 0 Å². The van der Waals surface area contributed by atoms with Gasteiger partial charge in [-0.25, -0.2) is 0 Å². The van der Waals surface area contributed by atoms with Crippen LogP contribution >= 0.6 is 0 Å². The van der Waals surface area contributed by atoms with Crippen molar-refractivity contribution in [3.05, 3.63) is 65.5 Å². The van der Waals surface area contributed by atoms with Crippen molar-refractivity contribution in [1.82, 2.24) is 15.1 Å². The van der Waals surface area contributed by atoms with Crippen LogP contribution in [0.5, 0.6) is 0 Å². The topological polar surface area (TPSA) is 62.1 Å². The van der Waals surface area contributed by atoms with Crippen LogP contribution in [0.3, 0.4) is 0 Å². The Hall–Kier alpha value is -2.82. The Labute approximate surface area is 158 Å². The average Bonchev–Trinajstić information content (AvgIpc) is 3.45. The van der Waals surface area contributed by atoms with Crippen LogP contribution in [-0.2, 0) is 0 Å². The zero-order valence-corrected chi connectivity index (χ0v) is 15.4. The van der Waals surface area contributed by atoms with Crippen molar-refractivity contribution in [3.8, 4) is 11.5 Å². The number of likely N-dealkylation sites (tertiary alicyclic amines) is 1. The molecule has 0 radical (unpaired) electrons. The lowest BCUT2D eigenvalue weighted by Crippen LogP contribution is -2.36. The molecule has 5 rings (SSSR count). The summed E-state index contributed by atoms with van der Waals surface area (Å²) in [7, 11) is 0. The number of furan rings is 1. The number of rotatable bonds is 3. The number of aryl methyl sites for hydroxylation is 1. The lowest BCUT2D eigenvalue weighted by atomic mass is 9.87. The number of nitrogens with one attached hydrogen (secondary N) is 1. The number of nitrogens with zero attached hydrogens (tertiary/aromatic N) is 2. The molecule has 27 heavy (non-hydrogen) atoms. The number of H-pyrrole nitrogens is 1. The summed E-state index contributed by atoms with van der Waals surface area (Å²) in [5, 5.41) is 7.23. The molecule has 3 unspecified atom stereocenters. The fourth-order valence-corrected chi connectivity index (χ4v) is 4.88. The number of hydrogen-bond acceptors (Lipinski definition) is 3. The Bertz CT molecular complexity index is 959. The third-order valence-corrected chi connectivity index (χ3v) is 6.13. The number of benzene rings is 1. The van der Waals surface area contributed by atoms with Crippen LogP contribution in [0.2, 0.25) is 0 Å². The molecular weight excluding hydrogens is 338 g/mol. The summed E-state index contributed by atoms with van der Waals surface area (Å²) in [6.45, 7) is 2.68. The molecule has 3 atom stereocenters. The first-order chi connectivity index (χ1) is 13.2. The van der Waals surface area contributed by atoms with Gasteiger partial charge in [0.15, 0.2) is 11.5 Å². The number of hydrogen-bond donors (Lipinski definition) is 1. The van der Waals surface area contributed by atoms with E-state index in [0.717, 1.165) is 24.4 Å². The van der Waals surface area contributed by atoms with Gasteiger partial charge in [-0.3, -0.25) is 9.89 Å². The number of carbonyl (C=O) groups is 1. The third-order valence-electron chi connectivity index (χ3n) is 6.13. The fraction of sp³-hybridized carbons (Fsp3) is 0.364. The largest absolute Gasteiger partial charge is 0.460 e. The lowest BCUT2D eigenvalue weighted by Gasteiger charge is -2.22. The van der Waals surface area contributed by atoms with E-state index >= 15 is 0 Å². The first-order valence-electron chi connectivity index (χ1n) is 9.69. The van der Waals surface area contributed by atoms with Gasteiger partial charge >= 0.3 is 0 Å². The Kier molecular flexibility index (Phi) is 3.88. The molecule has 138 valence electrons. The van der Waals surface area contributed by atoms with E-state index in [2.05, 4.69) is 45.4 Å². The molecule has 1 amide bonds. The Morgan fingerprint density at radius 1 is 1.19 bits per heavy atom. The molecule has 1 aliphatic heterocycles. The van der Waals surface area contributed by atoms with Crippen LogP contribution in [0.1, 0.15) is 47.0 Å². The van der Waals surface area contributed by atoms with E-state index in [1.165, 1.54) is 18.4 Å². The van der Waals surface area contributed by atoms with E-state index in [9.17, 15) is 4.79 Å². The summed E-state index contributed by atoms with van der Waals surface area (Å²) < 4.78 is 5.64. The molecule has 2 aliphatic rings. The summed E-state index contributed by atoms with van der Waals surface area (Å²) in [5.41, 5.74) is 2.56. The van der Waals surface area contributed by atoms with Gasteiger partial charge < -0.3 is 9.32 Å². The van der Waals surface area contributed by atoms with Crippen LogP contribution < -0.4 is 0 Å². The number of carbonyl (C=O) groups excluding carboxylic acids is 1. The standard InChI is InChI=1S/C22H23N3O2/c1-14-10-11-21(27-14)18-12-19(24-23-18)22(26)25-13-17(15-6-3-2-4-7-15)16-8-5-9-20(16)25/h2-4,6-7,10-12,16-17,20H,5,8-9,13H2,1H3,(H,23,24). The summed E-state index contributed by atoms with van der Waals surface area (Å²) >= 11 is 0. The normalized spacial score (nSPS) is 24.3. The first-order valence-corrected chi connectivity index (χ1v) is 9.69. The molecule has 1 saturated carbocycles. The molecule has 5 nitrogen and oxygen atoms in total. The summed E-state index contributed by atoms with van der Waals surface area (Å²) in [4.78, 5) is 15.3. The van der Waals surface area contributed by atoms with E-state index in [1.807, 2.05) is 19.1 Å². The minimum absolute atomic E-state index is 0.0242. The van der Waals surface area contributed by atoms with Gasteiger partial charge in [-0.05, 0) is 43.4 Å². The molecule has 2 aromatic heterocycles. The van der Waals surface area contributed by atoms with Crippen molar-refractivity contribution in [2.24, 2.45) is 5.92 Å². The molecule has 0 bridgehead atoms. The van der Waals surface area contributed by atoms with E-state index in [-0.39, 0.29) is 5.91 Å². The highest BCUT2D eigenvalue weighted by Crippen LogP contribution is 2.46. The van der Waals surface area contributed by atoms with Crippen LogP contribution in [-0.4, -0.2) is 33.6 Å². The van der Waals surface area contributed by atoms with Crippen molar-refractivity contribution in [1.29, 1.82) is 0 Å². The van der Waals surface area contributed by atoms with E-state index in [1.54, 1.807) is 6.07 Å². The maximum atomic E-state index is 13.2. The van der Waals surface area contributed by atoms with E-state index < -0.39 is 0 Å². The highest BCUT2D eigenvalue weighted by atomic mass is 16.3. The second-order valence-corrected chi connectivity index (χ2v) is 7.71. The molecule has 3 heterocycles. The summed E-state index contributed by atoms with van der Waals surface area (Å²) in [6.07, 6.45) is 3.49. The molecule has 0 spiro atoms. The zero-order valence-electron chi connectivity index (χ0n) is 15.4. The van der Waals surface area contributed by atoms with Gasteiger partial charge in [0, 0.05) is 24.6 Å². The number of fused-ring (bicyclic) bond motifs is 1. The van der Waals surface area contributed by atoms with Crippen LogP contribution in [0.4, 0.5) is 0 Å². The Morgan fingerprint density at radius 3 is 2.81 bits per heavy atom. The number of amides is 1. The highest BCUT2D eigenvalue weighted by molar-refractivity contribution is 5.93. The lowest BCUT2D eigenvalue weighted by molar-refractivity contribution is 0.0722. The summed E-state index contributed by atoms with van der Waals surface area (Å²) in [5.74, 6) is 2.56. The molecule has 2 fully saturated rings. The molecule has 1 saturated heterocycles. The van der Waals surface area contributed by atoms with Crippen molar-refractivity contribution < 1.29 is 9.21 Å². The number of aromatic amines is 1. The van der Waals surface area contributed by atoms with E-state index in [0.29, 0.717) is 29.3 Å². The van der Waals surface area contributed by atoms with E-state index in [4.69, 9.17) is 4.42 Å². The third kappa shape index (κ3) is 2.78. The Balaban J connectivity index is 1.41. The van der Waals surface area contributed by atoms with Gasteiger partial charge in [-0.1, -0.05) is 36.8 Å². The van der Waals surface area contributed by atoms with Gasteiger partial charge in [-0.2, -0.15) is 5.10 Å². The molecule has 1 N–H and O–H groups in total. The maximum Gasteiger partial charge on any atom is 0.274 e. The number of aromatic nitrogens is 2. The van der Waals surface area contributed by atoms with Crippen LogP contribution in [0.15, 0.2) is 52.9 Å². The second-order valence-electron chi connectivity index (χ2n) is 7.71. The zero-order chi connectivity index (χ0) is 18.4. The van der Waals surface area contributed by atoms with Crippen LogP contribution in [0, 0.1) is 12.8 Å². The minimum Gasteiger partial charge on any atom is -0.460 e. The van der Waals surface area contributed by atoms with Crippen molar-refractivity contribution in [3.63, 3.8) is 0 Å². The summed E-state index contributed by atoms with van der Waals surface area (Å²) in [6, 6.07) is 16.6. The average molecular weight is 361 g/mol. The quantitative estimate of drug-likeness (QED) is 0.753. The predicted molar refractivity (Wildman–Crippen MR) is 102 cm³/mol. The van der Waals surface area contributed by atoms with Gasteiger partial charge in [0.1, 0.15) is 11.5 Å². The molecule has 1 aromatic carbocycles. The van der Waals surface area contributed by atoms with Crippen LogP contribution in [0.25, 0.3) is 11.5 Å². The van der Waals surface area contributed by atoms with Gasteiger partial charge in [0.25, 0.3) is 5.91 Å². The smallest absolute Gasteiger partial charge is 0.274 e. The molecule has 1 aliphatic carbocycles. The SMILES string of the molecule is Cc1ccc(-c2cc(C(=O)N3CC(c4ccccc4)C4CCCC43)n[nH]2)o1. The highest BCUT2D eigenvalue weighted by Gasteiger charge is 2.47. The van der Waals surface area contributed by atoms with Crippen molar-refractivity contribution in [2.45, 2.75) is 38.1 Å². The predicted octanol–water partition coefficient (Wildman–Crippen LogP) is 4.39. The van der Waals surface area contributed by atoms with Crippen molar-refractivity contribution in [2.75, 3.05) is 6.54 Å². The minimum atomic E-state index is 0.0242.